The molecule has 0 radical (unpaired) electrons. The molecule has 0 heterocycles. The molecule has 3 aliphatic carbocycles. The van der Waals surface area contributed by atoms with Crippen LogP contribution in [0.4, 0.5) is 0 Å². The summed E-state index contributed by atoms with van der Waals surface area (Å²) >= 11 is 0. The molecule has 3 aliphatic rings. The van der Waals surface area contributed by atoms with Gasteiger partial charge in [-0.25, -0.2) is 0 Å². The molecule has 0 aromatic rings. The molecule has 2 nitrogen and oxygen atoms in total. The third kappa shape index (κ3) is 2.15. The Kier molecular flexibility index (Phi) is 3.46. The number of aliphatic hydroxyl groups is 1. The lowest BCUT2D eigenvalue weighted by atomic mass is 9.58. The second-order valence-electron chi connectivity index (χ2n) is 8.07. The van der Waals surface area contributed by atoms with E-state index in [1.807, 2.05) is 0 Å². The zero-order valence-electron chi connectivity index (χ0n) is 12.6. The number of hydrogen-bond acceptors (Lipinski definition) is 2. The summed E-state index contributed by atoms with van der Waals surface area (Å²) in [6, 6.07) is 0. The fraction of sp³-hybridized carbons (Fsp3) is 1.00. The topological polar surface area (TPSA) is 46.2 Å². The second-order valence-corrected chi connectivity index (χ2v) is 8.07. The lowest BCUT2D eigenvalue weighted by Crippen LogP contribution is -2.54. The van der Waals surface area contributed by atoms with Gasteiger partial charge >= 0.3 is 0 Å². The van der Waals surface area contributed by atoms with E-state index in [4.69, 9.17) is 5.73 Å². The molecule has 19 heavy (non-hydrogen) atoms. The molecule has 0 bridgehead atoms. The quantitative estimate of drug-likeness (QED) is 0.801. The molecule has 3 rings (SSSR count). The summed E-state index contributed by atoms with van der Waals surface area (Å²) in [5.74, 6) is 0.745. The molecule has 0 aromatic heterocycles. The van der Waals surface area contributed by atoms with Crippen LogP contribution in [0.2, 0.25) is 0 Å². The Hall–Kier alpha value is -0.0800. The Balaban J connectivity index is 1.74. The van der Waals surface area contributed by atoms with E-state index < -0.39 is 5.60 Å². The molecule has 110 valence electrons. The van der Waals surface area contributed by atoms with E-state index in [9.17, 15) is 5.11 Å². The summed E-state index contributed by atoms with van der Waals surface area (Å²) in [7, 11) is 0. The van der Waals surface area contributed by atoms with E-state index in [0.29, 0.717) is 12.0 Å². The van der Waals surface area contributed by atoms with Gasteiger partial charge in [0, 0.05) is 12.0 Å². The molecule has 2 atom stereocenters. The van der Waals surface area contributed by atoms with Crippen LogP contribution in [0.1, 0.15) is 77.6 Å². The van der Waals surface area contributed by atoms with Gasteiger partial charge in [-0.05, 0) is 62.7 Å². The first-order chi connectivity index (χ1) is 9.03. The van der Waals surface area contributed by atoms with Crippen molar-refractivity contribution in [2.45, 2.75) is 83.2 Å². The zero-order chi connectivity index (χ0) is 13.6. The van der Waals surface area contributed by atoms with Crippen LogP contribution in [0, 0.1) is 16.7 Å². The van der Waals surface area contributed by atoms with Crippen LogP contribution in [0.3, 0.4) is 0 Å². The van der Waals surface area contributed by atoms with E-state index >= 15 is 0 Å². The van der Waals surface area contributed by atoms with Gasteiger partial charge in [0.2, 0.25) is 0 Å². The first-order valence-corrected chi connectivity index (χ1v) is 8.46. The Bertz CT molecular complexity index is 324. The monoisotopic (exact) mass is 265 g/mol. The van der Waals surface area contributed by atoms with Crippen molar-refractivity contribution in [1.29, 1.82) is 0 Å². The van der Waals surface area contributed by atoms with Gasteiger partial charge < -0.3 is 10.8 Å². The summed E-state index contributed by atoms with van der Waals surface area (Å²) in [5.41, 5.74) is 6.31. The molecule has 2 unspecified atom stereocenters. The molecule has 0 aliphatic heterocycles. The van der Waals surface area contributed by atoms with Crippen molar-refractivity contribution in [1.82, 2.24) is 0 Å². The fourth-order valence-corrected chi connectivity index (χ4v) is 5.54. The van der Waals surface area contributed by atoms with E-state index in [-0.39, 0.29) is 5.41 Å². The highest BCUT2D eigenvalue weighted by Crippen LogP contribution is 2.58. The molecule has 3 N–H and O–H groups in total. The number of hydrogen-bond donors (Lipinski definition) is 2. The molecule has 0 saturated heterocycles. The lowest BCUT2D eigenvalue weighted by molar-refractivity contribution is -0.124. The minimum atomic E-state index is -0.458. The van der Waals surface area contributed by atoms with E-state index in [1.54, 1.807) is 0 Å². The third-order valence-electron chi connectivity index (χ3n) is 7.03. The van der Waals surface area contributed by atoms with Crippen molar-refractivity contribution < 1.29 is 5.11 Å². The van der Waals surface area contributed by atoms with Gasteiger partial charge in [-0.15, -0.1) is 0 Å². The van der Waals surface area contributed by atoms with E-state index in [0.717, 1.165) is 31.6 Å². The Labute approximate surface area is 118 Å². The smallest absolute Gasteiger partial charge is 0.0716 e. The Morgan fingerprint density at radius 3 is 2.11 bits per heavy atom. The maximum atomic E-state index is 11.3. The first-order valence-electron chi connectivity index (χ1n) is 8.46. The molecule has 3 saturated carbocycles. The van der Waals surface area contributed by atoms with E-state index in [1.165, 1.54) is 44.9 Å². The molecule has 2 heteroatoms. The van der Waals surface area contributed by atoms with Gasteiger partial charge in [0.05, 0.1) is 5.60 Å². The second kappa shape index (κ2) is 4.73. The minimum absolute atomic E-state index is 0.0344. The van der Waals surface area contributed by atoms with Crippen LogP contribution in [-0.4, -0.2) is 17.3 Å². The normalized spacial score (nSPS) is 40.9. The Morgan fingerprint density at radius 1 is 1.00 bits per heavy atom. The molecule has 3 fully saturated rings. The standard InChI is InChI=1S/C17H31NO/c1-14-4-7-16(12-14,13-18)17(19)10-8-15(9-11-17)5-2-3-6-15/h14,19H,2-13,18H2,1H3. The first kappa shape index (κ1) is 13.9. The van der Waals surface area contributed by atoms with Crippen molar-refractivity contribution in [2.75, 3.05) is 6.54 Å². The van der Waals surface area contributed by atoms with Crippen LogP contribution < -0.4 is 5.73 Å². The van der Waals surface area contributed by atoms with Crippen molar-refractivity contribution in [3.63, 3.8) is 0 Å². The molecular formula is C17H31NO. The lowest BCUT2D eigenvalue weighted by Gasteiger charge is -2.51. The van der Waals surface area contributed by atoms with E-state index in [2.05, 4.69) is 6.92 Å². The summed E-state index contributed by atoms with van der Waals surface area (Å²) < 4.78 is 0. The van der Waals surface area contributed by atoms with Crippen LogP contribution >= 0.6 is 0 Å². The predicted octanol–water partition coefficient (Wildman–Crippen LogP) is 3.62. The number of nitrogens with two attached hydrogens (primary N) is 1. The fourth-order valence-electron chi connectivity index (χ4n) is 5.54. The molecular weight excluding hydrogens is 234 g/mol. The highest BCUT2D eigenvalue weighted by Gasteiger charge is 2.55. The van der Waals surface area contributed by atoms with Crippen LogP contribution in [0.5, 0.6) is 0 Å². The van der Waals surface area contributed by atoms with Crippen molar-refractivity contribution in [3.05, 3.63) is 0 Å². The number of rotatable bonds is 2. The van der Waals surface area contributed by atoms with Gasteiger partial charge in [-0.2, -0.15) is 0 Å². The summed E-state index contributed by atoms with van der Waals surface area (Å²) in [6.45, 7) is 3.00. The van der Waals surface area contributed by atoms with Gasteiger partial charge in [0.25, 0.3) is 0 Å². The van der Waals surface area contributed by atoms with Crippen LogP contribution in [-0.2, 0) is 0 Å². The summed E-state index contributed by atoms with van der Waals surface area (Å²) in [4.78, 5) is 0. The van der Waals surface area contributed by atoms with Gasteiger partial charge in [-0.3, -0.25) is 0 Å². The molecule has 0 amide bonds. The molecule has 1 spiro atoms. The average Bonchev–Trinajstić information content (AvgIpc) is 3.02. The zero-order valence-corrected chi connectivity index (χ0v) is 12.6. The van der Waals surface area contributed by atoms with Crippen LogP contribution in [0.15, 0.2) is 0 Å². The third-order valence-corrected chi connectivity index (χ3v) is 7.03. The minimum Gasteiger partial charge on any atom is -0.389 e. The SMILES string of the molecule is CC1CCC(CN)(C2(O)CCC3(CCCC3)CC2)C1. The highest BCUT2D eigenvalue weighted by molar-refractivity contribution is 5.07. The highest BCUT2D eigenvalue weighted by atomic mass is 16.3. The maximum Gasteiger partial charge on any atom is 0.0716 e. The maximum absolute atomic E-state index is 11.3. The summed E-state index contributed by atoms with van der Waals surface area (Å²) in [6.07, 6.45) is 13.7. The Morgan fingerprint density at radius 2 is 1.63 bits per heavy atom. The average molecular weight is 265 g/mol. The van der Waals surface area contributed by atoms with Crippen molar-refractivity contribution >= 4 is 0 Å². The van der Waals surface area contributed by atoms with Crippen molar-refractivity contribution in [2.24, 2.45) is 22.5 Å². The van der Waals surface area contributed by atoms with Gasteiger partial charge in [0.1, 0.15) is 0 Å². The molecule has 0 aromatic carbocycles. The van der Waals surface area contributed by atoms with Crippen LogP contribution in [0.25, 0.3) is 0 Å². The largest absolute Gasteiger partial charge is 0.389 e. The summed E-state index contributed by atoms with van der Waals surface area (Å²) in [5, 5.41) is 11.3. The van der Waals surface area contributed by atoms with Gasteiger partial charge in [0.15, 0.2) is 0 Å². The predicted molar refractivity (Wildman–Crippen MR) is 78.8 cm³/mol. The van der Waals surface area contributed by atoms with Crippen molar-refractivity contribution in [3.8, 4) is 0 Å². The van der Waals surface area contributed by atoms with Gasteiger partial charge in [-0.1, -0.05) is 26.2 Å².